The van der Waals surface area contributed by atoms with Crippen molar-refractivity contribution in [2.45, 2.75) is 55.2 Å². The van der Waals surface area contributed by atoms with E-state index in [0.717, 1.165) is 0 Å². The number of aliphatic hydroxyl groups is 7. The SMILES string of the molecule is O=C([O-])CC(O)(CC(=O)[O-])C(=O)[O-].O=C([O-])CC(O)(CC(=O)[O-])C(=O)[O-].OC[C@@H](O)C(O)[C@@H](O)CO.[Zn+2].[Zn+2].[Zn+2]. The quantitative estimate of drug-likeness (QED) is 0.0817. The maximum Gasteiger partial charge on any atom is 2.00 e. The molecule has 1 unspecified atom stereocenters. The van der Waals surface area contributed by atoms with Gasteiger partial charge < -0.3 is 95.2 Å². The van der Waals surface area contributed by atoms with Crippen LogP contribution in [-0.4, -0.2) is 114 Å². The van der Waals surface area contributed by atoms with Gasteiger partial charge in [-0.15, -0.1) is 0 Å². The fraction of sp³-hybridized carbons (Fsp3) is 0.647. The average molecular weight is 727 g/mol. The molecule has 0 aromatic carbocycles. The molecule has 0 amide bonds. The van der Waals surface area contributed by atoms with Crippen LogP contribution in [0.25, 0.3) is 0 Å². The Morgan fingerprint density at radius 1 is 0.513 bits per heavy atom. The molecule has 210 valence electrons. The van der Waals surface area contributed by atoms with Crippen LogP contribution in [0.3, 0.4) is 0 Å². The van der Waals surface area contributed by atoms with Crippen LogP contribution >= 0.6 is 0 Å². The third-order valence-corrected chi connectivity index (χ3v) is 3.67. The summed E-state index contributed by atoms with van der Waals surface area (Å²) in [4.78, 5) is 60.0. The molecule has 0 fully saturated rings. The normalized spacial score (nSPS) is 12.4. The number of carboxylic acids is 6. The molecule has 3 atom stereocenters. The van der Waals surface area contributed by atoms with Crippen LogP contribution < -0.4 is 30.6 Å². The van der Waals surface area contributed by atoms with Gasteiger partial charge in [0.2, 0.25) is 0 Å². The molecule has 7 N–H and O–H groups in total. The van der Waals surface area contributed by atoms with E-state index in [9.17, 15) is 59.4 Å². The van der Waals surface area contributed by atoms with E-state index in [1.807, 2.05) is 0 Å². The zero-order valence-electron chi connectivity index (χ0n) is 20.1. The van der Waals surface area contributed by atoms with Gasteiger partial charge in [-0.1, -0.05) is 0 Å². The summed E-state index contributed by atoms with van der Waals surface area (Å²) in [6, 6.07) is 0. The van der Waals surface area contributed by atoms with Gasteiger partial charge in [0.25, 0.3) is 0 Å². The van der Waals surface area contributed by atoms with Gasteiger partial charge in [-0.25, -0.2) is 0 Å². The third-order valence-electron chi connectivity index (χ3n) is 3.67. The molecule has 0 spiro atoms. The van der Waals surface area contributed by atoms with Crippen LogP contribution in [0.2, 0.25) is 0 Å². The topological polar surface area (TPSA) is 382 Å². The standard InChI is InChI=1S/2C6H8O7.C5H12O5.3Zn/c2*7-3(8)1-6(13,5(11)12)2-4(9)10;6-1-3(8)5(10)4(9)2-7;;;/h2*13H,1-2H2,(H,7,8)(H,9,10)(H,11,12);3-10H,1-2H2;;;/q;;;3*+2/p-6/t;;3-,4+,5?;;;. The molecular formula is C17H22O19Zn3. The molecule has 19 nitrogen and oxygen atoms in total. The van der Waals surface area contributed by atoms with Crippen molar-refractivity contribution in [3.63, 3.8) is 0 Å². The molecule has 0 rings (SSSR count). The molecule has 22 heteroatoms. The summed E-state index contributed by atoms with van der Waals surface area (Å²) in [5.41, 5.74) is -5.95. The Hall–Kier alpha value is -1.59. The van der Waals surface area contributed by atoms with Gasteiger partial charge in [-0.2, -0.15) is 0 Å². The predicted octanol–water partition coefficient (Wildman–Crippen LogP) is -13.5. The van der Waals surface area contributed by atoms with Crippen molar-refractivity contribution in [3.05, 3.63) is 0 Å². The minimum absolute atomic E-state index is 0. The second-order valence-electron chi connectivity index (χ2n) is 6.82. The van der Waals surface area contributed by atoms with Crippen molar-refractivity contribution in [1.29, 1.82) is 0 Å². The van der Waals surface area contributed by atoms with Crippen molar-refractivity contribution >= 4 is 35.8 Å². The Morgan fingerprint density at radius 2 is 0.692 bits per heavy atom. The average Bonchev–Trinajstić information content (AvgIpc) is 2.70. The zero-order chi connectivity index (χ0) is 29.4. The van der Waals surface area contributed by atoms with E-state index < -0.39 is 104 Å². The van der Waals surface area contributed by atoms with E-state index >= 15 is 0 Å². The zero-order valence-corrected chi connectivity index (χ0v) is 29.0. The Kier molecular flexibility index (Phi) is 31.2. The molecule has 0 aromatic heterocycles. The van der Waals surface area contributed by atoms with Gasteiger partial charge in [-0.05, 0) is 0 Å². The van der Waals surface area contributed by atoms with Crippen LogP contribution in [0.4, 0.5) is 0 Å². The van der Waals surface area contributed by atoms with Gasteiger partial charge in [0.05, 0.1) is 25.2 Å². The molecule has 0 bridgehead atoms. The Morgan fingerprint density at radius 3 is 0.795 bits per heavy atom. The summed E-state index contributed by atoms with van der Waals surface area (Å²) in [5.74, 6) is -12.0. The third kappa shape index (κ3) is 24.0. The fourth-order valence-electron chi connectivity index (χ4n) is 1.84. The van der Waals surface area contributed by atoms with Crippen molar-refractivity contribution in [2.24, 2.45) is 0 Å². The number of rotatable bonds is 14. The first-order chi connectivity index (χ1) is 16.2. The monoisotopic (exact) mass is 722 g/mol. The maximum absolute atomic E-state index is 10.1. The van der Waals surface area contributed by atoms with Crippen LogP contribution in [0, 0.1) is 0 Å². The minimum Gasteiger partial charge on any atom is -0.550 e. The molecule has 0 aliphatic rings. The van der Waals surface area contributed by atoms with Crippen LogP contribution in [-0.2, 0) is 87.2 Å². The fourth-order valence-corrected chi connectivity index (χ4v) is 1.84. The summed E-state index contributed by atoms with van der Waals surface area (Å²) < 4.78 is 0. The molecule has 0 aliphatic carbocycles. The smallest absolute Gasteiger partial charge is 0.550 e. The summed E-state index contributed by atoms with van der Waals surface area (Å²) >= 11 is 0. The number of hydrogen-bond donors (Lipinski definition) is 7. The molecule has 39 heavy (non-hydrogen) atoms. The second-order valence-corrected chi connectivity index (χ2v) is 6.82. The van der Waals surface area contributed by atoms with Gasteiger partial charge >= 0.3 is 58.4 Å². The van der Waals surface area contributed by atoms with E-state index in [1.165, 1.54) is 0 Å². The summed E-state index contributed by atoms with van der Waals surface area (Å²) in [5, 5.41) is 120. The van der Waals surface area contributed by atoms with Gasteiger partial charge in [-0.3, -0.25) is 0 Å². The molecule has 0 saturated carbocycles. The molecule has 0 heterocycles. The first kappa shape index (κ1) is 50.3. The molecular weight excluding hydrogens is 704 g/mol. The van der Waals surface area contributed by atoms with Crippen molar-refractivity contribution in [3.8, 4) is 0 Å². The Bertz CT molecular complexity index is 682. The molecule has 0 aliphatic heterocycles. The van der Waals surface area contributed by atoms with Crippen LogP contribution in [0.5, 0.6) is 0 Å². The molecule has 0 radical (unpaired) electrons. The number of carbonyl (C=O) groups is 6. The van der Waals surface area contributed by atoms with E-state index in [0.29, 0.717) is 0 Å². The minimum atomic E-state index is -2.97. The Balaban J connectivity index is -0.000000102. The predicted molar refractivity (Wildman–Crippen MR) is 90.6 cm³/mol. The van der Waals surface area contributed by atoms with Crippen LogP contribution in [0.1, 0.15) is 25.7 Å². The van der Waals surface area contributed by atoms with Crippen molar-refractivity contribution < 1.29 is 154 Å². The van der Waals surface area contributed by atoms with E-state index in [-0.39, 0.29) is 58.4 Å². The van der Waals surface area contributed by atoms with Crippen LogP contribution in [0.15, 0.2) is 0 Å². The number of carbonyl (C=O) groups excluding carboxylic acids is 6. The first-order valence-electron chi connectivity index (χ1n) is 9.12. The number of carboxylic acid groups (broad SMARTS) is 6. The van der Waals surface area contributed by atoms with Gasteiger partial charge in [0.1, 0.15) is 29.5 Å². The van der Waals surface area contributed by atoms with E-state index in [1.54, 1.807) is 0 Å². The van der Waals surface area contributed by atoms with E-state index in [2.05, 4.69) is 0 Å². The first-order valence-corrected chi connectivity index (χ1v) is 9.12. The maximum atomic E-state index is 10.1. The molecule has 0 saturated heterocycles. The van der Waals surface area contributed by atoms with Gasteiger partial charge in [0.15, 0.2) is 0 Å². The van der Waals surface area contributed by atoms with Crippen molar-refractivity contribution in [1.82, 2.24) is 0 Å². The Labute approximate surface area is 257 Å². The van der Waals surface area contributed by atoms with Gasteiger partial charge in [0, 0.05) is 49.6 Å². The van der Waals surface area contributed by atoms with Crippen molar-refractivity contribution in [2.75, 3.05) is 13.2 Å². The molecule has 0 aromatic rings. The summed E-state index contributed by atoms with van der Waals surface area (Å²) in [7, 11) is 0. The largest absolute Gasteiger partial charge is 2.00 e. The second kappa shape index (κ2) is 24.2. The number of hydrogen-bond acceptors (Lipinski definition) is 19. The summed E-state index contributed by atoms with van der Waals surface area (Å²) in [6.45, 7) is -1.28. The summed E-state index contributed by atoms with van der Waals surface area (Å²) in [6.07, 6.45) is -9.72. The number of aliphatic carboxylic acids is 6. The number of aliphatic hydroxyl groups excluding tert-OH is 5. The van der Waals surface area contributed by atoms with E-state index in [4.69, 9.17) is 35.7 Å².